The smallest absolute Gasteiger partial charge is 0.00719 e. The molecule has 106 valence electrons. The maximum absolute atomic E-state index is 5.96. The third kappa shape index (κ3) is 4.54. The Hall–Kier alpha value is -0.470. The Morgan fingerprint density at radius 2 is 1.95 bits per heavy atom. The van der Waals surface area contributed by atoms with Crippen LogP contribution in [0.3, 0.4) is 0 Å². The molecule has 1 nitrogen and oxygen atoms in total. The number of hydrogen-bond acceptors (Lipinski definition) is 2. The summed E-state index contributed by atoms with van der Waals surface area (Å²) in [5, 5.41) is 0. The monoisotopic (exact) mass is 277 g/mol. The molecule has 1 aromatic carbocycles. The Kier molecular flexibility index (Phi) is 6.25. The molecular formula is C17H27NS. The van der Waals surface area contributed by atoms with E-state index in [0.29, 0.717) is 0 Å². The van der Waals surface area contributed by atoms with Crippen LogP contribution < -0.4 is 5.73 Å². The van der Waals surface area contributed by atoms with E-state index in [9.17, 15) is 0 Å². The van der Waals surface area contributed by atoms with Gasteiger partial charge in [-0.05, 0) is 61.4 Å². The summed E-state index contributed by atoms with van der Waals surface area (Å²) in [6.07, 6.45) is 6.85. The van der Waals surface area contributed by atoms with Gasteiger partial charge in [0.25, 0.3) is 0 Å². The molecule has 0 aromatic heterocycles. The highest BCUT2D eigenvalue weighted by Crippen LogP contribution is 2.37. The second-order valence-corrected chi connectivity index (χ2v) is 6.96. The highest BCUT2D eigenvalue weighted by molar-refractivity contribution is 7.99. The van der Waals surface area contributed by atoms with Crippen molar-refractivity contribution in [2.45, 2.75) is 43.9 Å². The lowest BCUT2D eigenvalue weighted by molar-refractivity contribution is 0.177. The van der Waals surface area contributed by atoms with Crippen molar-refractivity contribution in [3.8, 4) is 0 Å². The van der Waals surface area contributed by atoms with Crippen molar-refractivity contribution in [2.75, 3.05) is 12.3 Å². The number of hydrogen-bond donors (Lipinski definition) is 1. The normalized spacial score (nSPS) is 27.4. The van der Waals surface area contributed by atoms with Gasteiger partial charge in [0.05, 0.1) is 0 Å². The van der Waals surface area contributed by atoms with Crippen LogP contribution in [0.2, 0.25) is 0 Å². The molecule has 1 saturated carbocycles. The van der Waals surface area contributed by atoms with E-state index in [0.717, 1.165) is 24.3 Å². The minimum Gasteiger partial charge on any atom is -0.330 e. The van der Waals surface area contributed by atoms with Crippen LogP contribution in [-0.4, -0.2) is 12.3 Å². The quantitative estimate of drug-likeness (QED) is 0.771. The first-order valence-corrected chi connectivity index (χ1v) is 8.70. The van der Waals surface area contributed by atoms with Crippen LogP contribution in [0.1, 0.15) is 39.0 Å². The van der Waals surface area contributed by atoms with Gasteiger partial charge in [0.15, 0.2) is 0 Å². The van der Waals surface area contributed by atoms with Crippen LogP contribution in [0.4, 0.5) is 0 Å². The van der Waals surface area contributed by atoms with Crippen LogP contribution >= 0.6 is 11.8 Å². The van der Waals surface area contributed by atoms with Gasteiger partial charge in [0.1, 0.15) is 0 Å². The van der Waals surface area contributed by atoms with Crippen LogP contribution in [0.25, 0.3) is 0 Å². The Morgan fingerprint density at radius 1 is 1.16 bits per heavy atom. The molecule has 3 atom stereocenters. The second-order valence-electron chi connectivity index (χ2n) is 5.79. The lowest BCUT2D eigenvalue weighted by Crippen LogP contribution is -2.30. The van der Waals surface area contributed by atoms with Crippen molar-refractivity contribution >= 4 is 11.8 Å². The zero-order valence-corrected chi connectivity index (χ0v) is 12.9. The van der Waals surface area contributed by atoms with Gasteiger partial charge in [0, 0.05) is 4.90 Å². The van der Waals surface area contributed by atoms with Gasteiger partial charge in [0.2, 0.25) is 0 Å². The molecule has 2 N–H and O–H groups in total. The van der Waals surface area contributed by atoms with Gasteiger partial charge in [-0.1, -0.05) is 38.0 Å². The van der Waals surface area contributed by atoms with Gasteiger partial charge in [-0.15, -0.1) is 11.8 Å². The average Bonchev–Trinajstić information content (AvgIpc) is 2.48. The van der Waals surface area contributed by atoms with Crippen molar-refractivity contribution in [1.82, 2.24) is 0 Å². The molecule has 0 heterocycles. The summed E-state index contributed by atoms with van der Waals surface area (Å²) in [4.78, 5) is 1.40. The molecule has 1 aliphatic rings. The van der Waals surface area contributed by atoms with E-state index < -0.39 is 0 Å². The number of rotatable bonds is 6. The Balaban J connectivity index is 1.79. The minimum atomic E-state index is 0.777. The summed E-state index contributed by atoms with van der Waals surface area (Å²) in [6, 6.07) is 10.8. The molecule has 2 heteroatoms. The fraction of sp³-hybridized carbons (Fsp3) is 0.647. The second kappa shape index (κ2) is 7.96. The van der Waals surface area contributed by atoms with E-state index in [2.05, 4.69) is 37.3 Å². The average molecular weight is 277 g/mol. The summed E-state index contributed by atoms with van der Waals surface area (Å²) in [5.41, 5.74) is 5.96. The molecule has 19 heavy (non-hydrogen) atoms. The number of benzene rings is 1. The maximum Gasteiger partial charge on any atom is 0.00719 e. The van der Waals surface area contributed by atoms with Crippen molar-refractivity contribution < 1.29 is 0 Å². The van der Waals surface area contributed by atoms with E-state index in [4.69, 9.17) is 5.73 Å². The lowest BCUT2D eigenvalue weighted by atomic mass is 9.72. The van der Waals surface area contributed by atoms with Crippen LogP contribution in [0.5, 0.6) is 0 Å². The SMILES string of the molecule is CCC1CCC(CN)C(CCSc2ccccc2)C1. The van der Waals surface area contributed by atoms with Gasteiger partial charge >= 0.3 is 0 Å². The predicted octanol–water partition coefficient (Wildman–Crippen LogP) is 4.57. The summed E-state index contributed by atoms with van der Waals surface area (Å²) in [6.45, 7) is 3.22. The van der Waals surface area contributed by atoms with Crippen LogP contribution in [0.15, 0.2) is 35.2 Å². The maximum atomic E-state index is 5.96. The van der Waals surface area contributed by atoms with Gasteiger partial charge in [-0.3, -0.25) is 0 Å². The Labute approximate surface area is 122 Å². The summed E-state index contributed by atoms with van der Waals surface area (Å²) >= 11 is 1.99. The van der Waals surface area contributed by atoms with Crippen molar-refractivity contribution in [3.05, 3.63) is 30.3 Å². The lowest BCUT2D eigenvalue weighted by Gasteiger charge is -2.35. The first kappa shape index (κ1) is 14.9. The Morgan fingerprint density at radius 3 is 2.63 bits per heavy atom. The molecule has 3 unspecified atom stereocenters. The highest BCUT2D eigenvalue weighted by atomic mass is 32.2. The zero-order chi connectivity index (χ0) is 13.5. The predicted molar refractivity (Wildman–Crippen MR) is 85.4 cm³/mol. The minimum absolute atomic E-state index is 0.777. The van der Waals surface area contributed by atoms with Crippen LogP contribution in [0, 0.1) is 17.8 Å². The standard InChI is InChI=1S/C17H27NS/c1-2-14-8-9-16(13-18)15(12-14)10-11-19-17-6-4-3-5-7-17/h3-7,14-16H,2,8-13,18H2,1H3. The highest BCUT2D eigenvalue weighted by Gasteiger charge is 2.28. The van der Waals surface area contributed by atoms with Crippen molar-refractivity contribution in [1.29, 1.82) is 0 Å². The number of nitrogens with two attached hydrogens (primary N) is 1. The molecule has 1 aromatic rings. The van der Waals surface area contributed by atoms with E-state index in [1.165, 1.54) is 42.8 Å². The van der Waals surface area contributed by atoms with Crippen molar-refractivity contribution in [3.63, 3.8) is 0 Å². The molecule has 0 aliphatic heterocycles. The molecule has 0 saturated heterocycles. The molecule has 0 radical (unpaired) electrons. The number of thioether (sulfide) groups is 1. The third-order valence-electron chi connectivity index (χ3n) is 4.63. The van der Waals surface area contributed by atoms with Crippen molar-refractivity contribution in [2.24, 2.45) is 23.5 Å². The van der Waals surface area contributed by atoms with Gasteiger partial charge < -0.3 is 5.73 Å². The summed E-state index contributed by atoms with van der Waals surface area (Å²) in [5.74, 6) is 3.83. The van der Waals surface area contributed by atoms with Crippen LogP contribution in [-0.2, 0) is 0 Å². The first-order valence-electron chi connectivity index (χ1n) is 7.71. The van der Waals surface area contributed by atoms with Gasteiger partial charge in [-0.2, -0.15) is 0 Å². The molecule has 2 rings (SSSR count). The topological polar surface area (TPSA) is 26.0 Å². The van der Waals surface area contributed by atoms with E-state index >= 15 is 0 Å². The molecule has 0 bridgehead atoms. The molecule has 0 spiro atoms. The third-order valence-corrected chi connectivity index (χ3v) is 5.67. The fourth-order valence-electron chi connectivity index (χ4n) is 3.30. The summed E-state index contributed by atoms with van der Waals surface area (Å²) in [7, 11) is 0. The molecular weight excluding hydrogens is 250 g/mol. The van der Waals surface area contributed by atoms with E-state index in [-0.39, 0.29) is 0 Å². The fourth-order valence-corrected chi connectivity index (χ4v) is 4.31. The van der Waals surface area contributed by atoms with E-state index in [1.807, 2.05) is 11.8 Å². The first-order chi connectivity index (χ1) is 9.33. The molecule has 1 aliphatic carbocycles. The molecule has 0 amide bonds. The Bertz CT molecular complexity index is 352. The zero-order valence-electron chi connectivity index (χ0n) is 12.1. The van der Waals surface area contributed by atoms with E-state index in [1.54, 1.807) is 0 Å². The molecule has 1 fully saturated rings. The van der Waals surface area contributed by atoms with Gasteiger partial charge in [-0.25, -0.2) is 0 Å². The largest absolute Gasteiger partial charge is 0.330 e. The summed E-state index contributed by atoms with van der Waals surface area (Å²) < 4.78 is 0.